The number of benzene rings is 1. The van der Waals surface area contributed by atoms with Gasteiger partial charge < -0.3 is 10.6 Å². The number of allylic oxidation sites excluding steroid dienone is 1. The fourth-order valence-corrected chi connectivity index (χ4v) is 3.36. The average molecular weight is 347 g/mol. The quantitative estimate of drug-likeness (QED) is 0.818. The van der Waals surface area contributed by atoms with E-state index in [-0.39, 0.29) is 0 Å². The standard InChI is InChI=1S/C19H17N5S/c1-12-2-4-13(5-3-12)17-11-25-18(23-17)15(10-20)16-8-9-21-19(24-16)22-14-6-7-14/h2-5,8-9,11,14,23H,6-7H2,1H3,(H,21,22,24)/b18-15-. The minimum absolute atomic E-state index is 0.474. The Hall–Kier alpha value is -2.78. The van der Waals surface area contributed by atoms with E-state index >= 15 is 0 Å². The Morgan fingerprint density at radius 3 is 2.80 bits per heavy atom. The maximum atomic E-state index is 9.65. The maximum Gasteiger partial charge on any atom is 0.223 e. The Bertz CT molecular complexity index is 904. The summed E-state index contributed by atoms with van der Waals surface area (Å²) in [6.07, 6.45) is 4.00. The second-order valence-corrected chi connectivity index (χ2v) is 7.02. The van der Waals surface area contributed by atoms with Gasteiger partial charge in [-0.15, -0.1) is 0 Å². The predicted octanol–water partition coefficient (Wildman–Crippen LogP) is 3.89. The van der Waals surface area contributed by atoms with Crippen molar-refractivity contribution in [2.24, 2.45) is 0 Å². The van der Waals surface area contributed by atoms with Crippen LogP contribution in [-0.2, 0) is 0 Å². The number of nitriles is 1. The number of aromatic nitrogens is 2. The highest BCUT2D eigenvalue weighted by molar-refractivity contribution is 8.06. The molecule has 0 radical (unpaired) electrons. The van der Waals surface area contributed by atoms with Crippen molar-refractivity contribution in [2.45, 2.75) is 25.8 Å². The third-order valence-electron chi connectivity index (χ3n) is 4.07. The summed E-state index contributed by atoms with van der Waals surface area (Å²) in [7, 11) is 0. The second kappa shape index (κ2) is 6.61. The Kier molecular flexibility index (Phi) is 4.16. The number of hydrogen-bond acceptors (Lipinski definition) is 6. The summed E-state index contributed by atoms with van der Waals surface area (Å²) in [4.78, 5) is 8.74. The lowest BCUT2D eigenvalue weighted by Crippen LogP contribution is -2.09. The van der Waals surface area contributed by atoms with E-state index in [4.69, 9.17) is 0 Å². The largest absolute Gasteiger partial charge is 0.351 e. The molecule has 2 heterocycles. The molecule has 0 spiro atoms. The van der Waals surface area contributed by atoms with Crippen molar-refractivity contribution in [3.63, 3.8) is 0 Å². The number of nitrogens with one attached hydrogen (secondary N) is 2. The predicted molar refractivity (Wildman–Crippen MR) is 101 cm³/mol. The van der Waals surface area contributed by atoms with E-state index in [1.807, 2.05) is 5.41 Å². The summed E-state index contributed by atoms with van der Waals surface area (Å²) >= 11 is 1.51. The van der Waals surface area contributed by atoms with Gasteiger partial charge in [-0.2, -0.15) is 5.26 Å². The molecule has 5 nitrogen and oxygen atoms in total. The third kappa shape index (κ3) is 3.52. The molecule has 1 saturated carbocycles. The van der Waals surface area contributed by atoms with Gasteiger partial charge in [-0.1, -0.05) is 41.6 Å². The summed E-state index contributed by atoms with van der Waals surface area (Å²) in [6.45, 7) is 2.07. The number of nitrogens with zero attached hydrogens (tertiary/aromatic N) is 3. The van der Waals surface area contributed by atoms with E-state index in [1.165, 1.54) is 17.3 Å². The number of thioether (sulfide) groups is 1. The highest BCUT2D eigenvalue weighted by atomic mass is 32.2. The van der Waals surface area contributed by atoms with Crippen LogP contribution in [0.15, 0.2) is 47.0 Å². The zero-order valence-corrected chi connectivity index (χ0v) is 14.6. The van der Waals surface area contributed by atoms with Gasteiger partial charge in [-0.3, -0.25) is 0 Å². The van der Waals surface area contributed by atoms with Crippen molar-refractivity contribution < 1.29 is 0 Å². The third-order valence-corrected chi connectivity index (χ3v) is 4.96. The van der Waals surface area contributed by atoms with Gasteiger partial charge in [0.05, 0.1) is 16.4 Å². The van der Waals surface area contributed by atoms with E-state index < -0.39 is 0 Å². The summed E-state index contributed by atoms with van der Waals surface area (Å²) in [5.41, 5.74) is 4.49. The summed E-state index contributed by atoms with van der Waals surface area (Å²) in [6, 6.07) is 12.8. The molecule has 2 aromatic rings. The lowest BCUT2D eigenvalue weighted by molar-refractivity contribution is 1.04. The fourth-order valence-electron chi connectivity index (χ4n) is 2.50. The normalized spacial score (nSPS) is 18.2. The van der Waals surface area contributed by atoms with Crippen molar-refractivity contribution in [3.8, 4) is 6.07 Å². The molecular weight excluding hydrogens is 330 g/mol. The van der Waals surface area contributed by atoms with Crippen molar-refractivity contribution in [3.05, 3.63) is 63.8 Å². The first kappa shape index (κ1) is 15.7. The van der Waals surface area contributed by atoms with Crippen LogP contribution in [0.4, 0.5) is 5.95 Å². The van der Waals surface area contributed by atoms with Gasteiger partial charge in [-0.05, 0) is 31.4 Å². The van der Waals surface area contributed by atoms with Crippen LogP contribution >= 0.6 is 11.8 Å². The molecule has 1 aliphatic carbocycles. The van der Waals surface area contributed by atoms with Gasteiger partial charge >= 0.3 is 0 Å². The van der Waals surface area contributed by atoms with Gasteiger partial charge in [0.15, 0.2) is 0 Å². The topological polar surface area (TPSA) is 73.6 Å². The van der Waals surface area contributed by atoms with Gasteiger partial charge in [0.2, 0.25) is 5.95 Å². The molecule has 0 amide bonds. The Balaban J connectivity index is 1.58. The highest BCUT2D eigenvalue weighted by Crippen LogP contribution is 2.34. The fraction of sp³-hybridized carbons (Fsp3) is 0.211. The number of hydrogen-bond donors (Lipinski definition) is 2. The SMILES string of the molecule is Cc1ccc(C2=CS/C(=C(/C#N)c3ccnc(NC4CC4)n3)N2)cc1. The number of aryl methyl sites for hydroxylation is 1. The van der Waals surface area contributed by atoms with Crippen LogP contribution in [0.3, 0.4) is 0 Å². The van der Waals surface area contributed by atoms with Gasteiger partial charge in [0, 0.05) is 17.6 Å². The first-order valence-electron chi connectivity index (χ1n) is 8.18. The molecule has 1 aromatic heterocycles. The smallest absolute Gasteiger partial charge is 0.223 e. The molecule has 4 rings (SSSR count). The van der Waals surface area contributed by atoms with Crippen molar-refractivity contribution in [2.75, 3.05) is 5.32 Å². The van der Waals surface area contributed by atoms with Crippen LogP contribution in [0.2, 0.25) is 0 Å². The Morgan fingerprint density at radius 2 is 2.08 bits per heavy atom. The minimum Gasteiger partial charge on any atom is -0.351 e. The van der Waals surface area contributed by atoms with E-state index in [9.17, 15) is 5.26 Å². The van der Waals surface area contributed by atoms with Crippen LogP contribution < -0.4 is 10.6 Å². The summed E-state index contributed by atoms with van der Waals surface area (Å²) in [5.74, 6) is 0.586. The van der Waals surface area contributed by atoms with E-state index in [0.717, 1.165) is 29.1 Å². The Morgan fingerprint density at radius 1 is 1.28 bits per heavy atom. The molecule has 1 aromatic carbocycles. The molecule has 0 bridgehead atoms. The van der Waals surface area contributed by atoms with Crippen molar-refractivity contribution >= 4 is 29.0 Å². The van der Waals surface area contributed by atoms with Crippen LogP contribution in [0.1, 0.15) is 29.7 Å². The number of rotatable bonds is 4. The first-order valence-corrected chi connectivity index (χ1v) is 9.06. The molecule has 0 unspecified atom stereocenters. The van der Waals surface area contributed by atoms with E-state index in [0.29, 0.717) is 23.3 Å². The zero-order chi connectivity index (χ0) is 17.2. The summed E-state index contributed by atoms with van der Waals surface area (Å²) in [5, 5.41) is 19.1. The van der Waals surface area contributed by atoms with Gasteiger partial charge in [0.25, 0.3) is 0 Å². The second-order valence-electron chi connectivity index (χ2n) is 6.14. The maximum absolute atomic E-state index is 9.65. The molecular formula is C19H17N5S. The lowest BCUT2D eigenvalue weighted by atomic mass is 10.1. The molecule has 0 saturated heterocycles. The van der Waals surface area contributed by atoms with Gasteiger partial charge in [-0.25, -0.2) is 9.97 Å². The molecule has 2 N–H and O–H groups in total. The molecule has 6 heteroatoms. The number of anilines is 1. The molecule has 1 aliphatic heterocycles. The Labute approximate surface area is 150 Å². The van der Waals surface area contributed by atoms with Gasteiger partial charge in [0.1, 0.15) is 11.6 Å². The van der Waals surface area contributed by atoms with Crippen LogP contribution in [-0.4, -0.2) is 16.0 Å². The van der Waals surface area contributed by atoms with Crippen molar-refractivity contribution in [1.29, 1.82) is 5.26 Å². The van der Waals surface area contributed by atoms with Crippen LogP contribution in [0, 0.1) is 18.3 Å². The average Bonchev–Trinajstić information content (AvgIpc) is 3.31. The monoisotopic (exact) mass is 347 g/mol. The summed E-state index contributed by atoms with van der Waals surface area (Å²) < 4.78 is 0. The molecule has 2 aliphatic rings. The van der Waals surface area contributed by atoms with Crippen LogP contribution in [0.25, 0.3) is 11.3 Å². The van der Waals surface area contributed by atoms with E-state index in [2.05, 4.69) is 57.9 Å². The zero-order valence-electron chi connectivity index (χ0n) is 13.8. The molecule has 25 heavy (non-hydrogen) atoms. The van der Waals surface area contributed by atoms with Crippen molar-refractivity contribution in [1.82, 2.24) is 15.3 Å². The lowest BCUT2D eigenvalue weighted by Gasteiger charge is -2.09. The van der Waals surface area contributed by atoms with E-state index in [1.54, 1.807) is 12.3 Å². The van der Waals surface area contributed by atoms with Crippen LogP contribution in [0.5, 0.6) is 0 Å². The minimum atomic E-state index is 0.474. The molecule has 0 atom stereocenters. The molecule has 124 valence electrons. The highest BCUT2D eigenvalue weighted by Gasteiger charge is 2.23. The first-order chi connectivity index (χ1) is 12.2. The molecule has 1 fully saturated rings.